The van der Waals surface area contributed by atoms with Gasteiger partial charge in [-0.25, -0.2) is 0 Å². The Morgan fingerprint density at radius 3 is 2.42 bits per heavy atom. The van der Waals surface area contributed by atoms with E-state index in [-0.39, 0.29) is 39.5 Å². The monoisotopic (exact) mass is 329 g/mol. The van der Waals surface area contributed by atoms with Crippen LogP contribution in [-0.2, 0) is 0 Å². The van der Waals surface area contributed by atoms with Gasteiger partial charge in [0.2, 0.25) is 0 Å². The average molecular weight is 329 g/mol. The molecule has 3 rings (SSSR count). The largest absolute Gasteiger partial charge is 0.867 e. The first kappa shape index (κ1) is 15.5. The maximum atomic E-state index is 12.3. The van der Waals surface area contributed by atoms with Crippen molar-refractivity contribution in [3.63, 3.8) is 0 Å². The molecule has 0 saturated heterocycles. The molecule has 2 N–H and O–H groups in total. The van der Waals surface area contributed by atoms with Crippen LogP contribution in [0.1, 0.15) is 0 Å². The Kier molecular flexibility index (Phi) is 3.69. The van der Waals surface area contributed by atoms with E-state index in [2.05, 4.69) is 0 Å². The second-order valence-corrected chi connectivity index (χ2v) is 5.00. The van der Waals surface area contributed by atoms with E-state index in [0.717, 1.165) is 0 Å². The van der Waals surface area contributed by atoms with Crippen molar-refractivity contribution in [3.8, 4) is 40.1 Å². The molecular formula is C17H13O7-. The zero-order valence-electron chi connectivity index (χ0n) is 12.8. The van der Waals surface area contributed by atoms with Gasteiger partial charge in [0.1, 0.15) is 28.2 Å². The lowest BCUT2D eigenvalue weighted by Gasteiger charge is -2.15. The van der Waals surface area contributed by atoms with Crippen molar-refractivity contribution in [1.82, 2.24) is 0 Å². The van der Waals surface area contributed by atoms with Crippen molar-refractivity contribution in [1.29, 1.82) is 0 Å². The van der Waals surface area contributed by atoms with E-state index in [1.807, 2.05) is 0 Å². The molecule has 0 radical (unpaired) electrons. The van der Waals surface area contributed by atoms with Gasteiger partial charge < -0.3 is 29.2 Å². The highest BCUT2D eigenvalue weighted by molar-refractivity contribution is 5.88. The molecule has 0 unspecified atom stereocenters. The summed E-state index contributed by atoms with van der Waals surface area (Å²) in [6.45, 7) is 0. The third kappa shape index (κ3) is 2.36. The summed E-state index contributed by atoms with van der Waals surface area (Å²) in [5.41, 5.74) is -0.692. The fraction of sp³-hybridized carbons (Fsp3) is 0.118. The summed E-state index contributed by atoms with van der Waals surface area (Å²) in [7, 11) is 2.78. The number of hydrogen-bond acceptors (Lipinski definition) is 7. The van der Waals surface area contributed by atoms with Crippen LogP contribution in [-0.4, -0.2) is 24.4 Å². The van der Waals surface area contributed by atoms with Gasteiger partial charge in [-0.2, -0.15) is 0 Å². The van der Waals surface area contributed by atoms with Crippen molar-refractivity contribution >= 4 is 11.0 Å². The van der Waals surface area contributed by atoms with Crippen LogP contribution in [0.3, 0.4) is 0 Å². The molecule has 0 aliphatic rings. The third-order valence-electron chi connectivity index (χ3n) is 3.58. The van der Waals surface area contributed by atoms with E-state index in [4.69, 9.17) is 13.9 Å². The van der Waals surface area contributed by atoms with Crippen LogP contribution >= 0.6 is 0 Å². The zero-order valence-corrected chi connectivity index (χ0v) is 12.8. The SMILES string of the molecule is COc1cc(O)c2c(=O)c([O-])c(-c3ccc(OC)c(O)c3)oc2c1. The Morgan fingerprint density at radius 1 is 1.04 bits per heavy atom. The Bertz CT molecular complexity index is 988. The molecule has 0 saturated carbocycles. The van der Waals surface area contributed by atoms with Crippen molar-refractivity contribution in [2.45, 2.75) is 0 Å². The summed E-state index contributed by atoms with van der Waals surface area (Å²) < 4.78 is 15.5. The highest BCUT2D eigenvalue weighted by Gasteiger charge is 2.15. The molecule has 1 heterocycles. The number of methoxy groups -OCH3 is 2. The van der Waals surface area contributed by atoms with E-state index in [1.165, 1.54) is 44.6 Å². The molecule has 7 nitrogen and oxygen atoms in total. The van der Waals surface area contributed by atoms with E-state index in [0.29, 0.717) is 0 Å². The van der Waals surface area contributed by atoms with Crippen molar-refractivity contribution in [2.24, 2.45) is 0 Å². The Balaban J connectivity index is 2.31. The maximum absolute atomic E-state index is 12.3. The average Bonchev–Trinajstić information content (AvgIpc) is 2.57. The lowest BCUT2D eigenvalue weighted by atomic mass is 10.1. The van der Waals surface area contributed by atoms with E-state index in [9.17, 15) is 20.1 Å². The molecule has 3 aromatic rings. The topological polar surface area (TPSA) is 112 Å². The van der Waals surface area contributed by atoms with Crippen molar-refractivity contribution < 1.29 is 29.2 Å². The number of fused-ring (bicyclic) bond motifs is 1. The molecule has 124 valence electrons. The van der Waals surface area contributed by atoms with Gasteiger partial charge in [-0.15, -0.1) is 0 Å². The fourth-order valence-corrected chi connectivity index (χ4v) is 2.40. The number of aromatic hydroxyl groups is 2. The van der Waals surface area contributed by atoms with Crippen LogP contribution in [0, 0.1) is 0 Å². The number of hydrogen-bond donors (Lipinski definition) is 2. The quantitative estimate of drug-likeness (QED) is 0.755. The molecule has 0 aliphatic heterocycles. The minimum absolute atomic E-state index is 0.00163. The molecule has 0 aliphatic carbocycles. The molecule has 7 heteroatoms. The number of ether oxygens (including phenoxy) is 2. The summed E-state index contributed by atoms with van der Waals surface area (Å²) in [5.74, 6) is -1.30. The second-order valence-electron chi connectivity index (χ2n) is 5.00. The highest BCUT2D eigenvalue weighted by Crippen LogP contribution is 2.37. The minimum atomic E-state index is -0.924. The molecule has 0 atom stereocenters. The van der Waals surface area contributed by atoms with Crippen LogP contribution in [0.5, 0.6) is 28.7 Å². The van der Waals surface area contributed by atoms with Gasteiger partial charge in [0.25, 0.3) is 0 Å². The lowest BCUT2D eigenvalue weighted by Crippen LogP contribution is -2.11. The van der Waals surface area contributed by atoms with E-state index in [1.54, 1.807) is 0 Å². The number of rotatable bonds is 3. The predicted octanol–water partition coefficient (Wildman–Crippen LogP) is 1.96. The summed E-state index contributed by atoms with van der Waals surface area (Å²) in [6, 6.07) is 6.78. The molecule has 0 fully saturated rings. The van der Waals surface area contributed by atoms with Crippen molar-refractivity contribution in [3.05, 3.63) is 40.6 Å². The lowest BCUT2D eigenvalue weighted by molar-refractivity contribution is -0.270. The summed E-state index contributed by atoms with van der Waals surface area (Å²) in [5, 5.41) is 31.8. The smallest absolute Gasteiger partial charge is 0.189 e. The van der Waals surface area contributed by atoms with Crippen LogP contribution < -0.4 is 20.0 Å². The maximum Gasteiger partial charge on any atom is 0.189 e. The Labute approximate surface area is 135 Å². The third-order valence-corrected chi connectivity index (χ3v) is 3.58. The van der Waals surface area contributed by atoms with Crippen LogP contribution in [0.15, 0.2) is 39.5 Å². The summed E-state index contributed by atoms with van der Waals surface area (Å²) in [6.07, 6.45) is 0. The number of benzene rings is 2. The summed E-state index contributed by atoms with van der Waals surface area (Å²) in [4.78, 5) is 12.3. The van der Waals surface area contributed by atoms with Gasteiger partial charge in [0.15, 0.2) is 16.9 Å². The van der Waals surface area contributed by atoms with Gasteiger partial charge in [-0.1, -0.05) is 0 Å². The first-order valence-electron chi connectivity index (χ1n) is 6.88. The molecule has 1 aromatic heterocycles. The predicted molar refractivity (Wildman–Crippen MR) is 83.8 cm³/mol. The first-order valence-corrected chi connectivity index (χ1v) is 6.88. The standard InChI is InChI=1S/C17H14O7/c1-22-9-6-11(19)14-13(7-9)24-17(16(21)15(14)20)8-3-4-12(23-2)10(18)5-8/h3-7,18-19,21H,1-2H3/p-1. The molecule has 0 amide bonds. The molecule has 24 heavy (non-hydrogen) atoms. The summed E-state index contributed by atoms with van der Waals surface area (Å²) >= 11 is 0. The Morgan fingerprint density at radius 2 is 1.79 bits per heavy atom. The van der Waals surface area contributed by atoms with Gasteiger partial charge in [-0.05, 0) is 23.9 Å². The molecule has 0 bridgehead atoms. The molecule has 2 aromatic carbocycles. The number of phenols is 2. The molecular weight excluding hydrogens is 316 g/mol. The van der Waals surface area contributed by atoms with Crippen LogP contribution in [0.25, 0.3) is 22.3 Å². The fourth-order valence-electron chi connectivity index (χ4n) is 2.40. The normalized spacial score (nSPS) is 10.8. The molecule has 0 spiro atoms. The number of phenolic OH excluding ortho intramolecular Hbond substituents is 2. The van der Waals surface area contributed by atoms with Gasteiger partial charge >= 0.3 is 0 Å². The van der Waals surface area contributed by atoms with Crippen LogP contribution in [0.2, 0.25) is 0 Å². The van der Waals surface area contributed by atoms with Crippen molar-refractivity contribution in [2.75, 3.05) is 14.2 Å². The second kappa shape index (κ2) is 5.69. The van der Waals surface area contributed by atoms with E-state index >= 15 is 0 Å². The van der Waals surface area contributed by atoms with Gasteiger partial charge in [0, 0.05) is 17.7 Å². The van der Waals surface area contributed by atoms with Gasteiger partial charge in [-0.3, -0.25) is 4.79 Å². The van der Waals surface area contributed by atoms with Gasteiger partial charge in [0.05, 0.1) is 14.2 Å². The first-order chi connectivity index (χ1) is 11.5. The van der Waals surface area contributed by atoms with Crippen LogP contribution in [0.4, 0.5) is 0 Å². The van der Waals surface area contributed by atoms with E-state index < -0.39 is 16.9 Å². The zero-order chi connectivity index (χ0) is 17.4. The Hall–Kier alpha value is -3.35. The minimum Gasteiger partial charge on any atom is -0.867 e. The highest BCUT2D eigenvalue weighted by atomic mass is 16.5.